The number of hydrogen-bond donors (Lipinski definition) is 2. The van der Waals surface area contributed by atoms with Crippen molar-refractivity contribution in [2.45, 2.75) is 0 Å². The van der Waals surface area contributed by atoms with Gasteiger partial charge in [-0.15, -0.1) is 0 Å². The molecule has 21 heavy (non-hydrogen) atoms. The number of anilines is 1. The predicted molar refractivity (Wildman–Crippen MR) is 77.7 cm³/mol. The van der Waals surface area contributed by atoms with Crippen molar-refractivity contribution in [2.24, 2.45) is 0 Å². The molecule has 110 valence electrons. The second-order valence-electron chi connectivity index (χ2n) is 4.09. The average molecular weight is 309 g/mol. The lowest BCUT2D eigenvalue weighted by Crippen LogP contribution is -2.21. The maximum Gasteiger partial charge on any atom is 0.355 e. The Kier molecular flexibility index (Phi) is 4.84. The molecule has 1 amide bonds. The molecule has 0 atom stereocenters. The van der Waals surface area contributed by atoms with Gasteiger partial charge < -0.3 is 19.8 Å². The van der Waals surface area contributed by atoms with Crippen molar-refractivity contribution >= 4 is 29.2 Å². The van der Waals surface area contributed by atoms with Crippen molar-refractivity contribution in [1.29, 1.82) is 0 Å². The molecule has 0 fully saturated rings. The van der Waals surface area contributed by atoms with Crippen LogP contribution in [0.5, 0.6) is 5.75 Å². The van der Waals surface area contributed by atoms with Gasteiger partial charge in [0.1, 0.15) is 11.4 Å². The Labute approximate surface area is 126 Å². The highest BCUT2D eigenvalue weighted by molar-refractivity contribution is 6.30. The third-order valence-corrected chi connectivity index (χ3v) is 2.77. The van der Waals surface area contributed by atoms with Gasteiger partial charge in [-0.25, -0.2) is 4.79 Å². The molecule has 0 radical (unpaired) electrons. The second-order valence-corrected chi connectivity index (χ2v) is 4.52. The highest BCUT2D eigenvalue weighted by Gasteiger charge is 2.12. The van der Waals surface area contributed by atoms with Crippen molar-refractivity contribution in [3.8, 4) is 5.75 Å². The van der Waals surface area contributed by atoms with E-state index in [1.807, 2.05) is 0 Å². The summed E-state index contributed by atoms with van der Waals surface area (Å²) in [7, 11) is 1.53. The highest BCUT2D eigenvalue weighted by Crippen LogP contribution is 2.16. The zero-order chi connectivity index (χ0) is 15.2. The summed E-state index contributed by atoms with van der Waals surface area (Å²) in [4.78, 5) is 25.9. The Hall–Kier alpha value is -2.47. The van der Waals surface area contributed by atoms with E-state index in [-0.39, 0.29) is 5.69 Å². The number of nitrogens with one attached hydrogen (secondary N) is 2. The van der Waals surface area contributed by atoms with E-state index in [2.05, 4.69) is 10.3 Å². The second kappa shape index (κ2) is 6.81. The molecule has 0 unspecified atom stereocenters. The van der Waals surface area contributed by atoms with Crippen molar-refractivity contribution < 1.29 is 19.1 Å². The van der Waals surface area contributed by atoms with E-state index in [1.165, 1.54) is 19.4 Å². The summed E-state index contributed by atoms with van der Waals surface area (Å²) < 4.78 is 9.90. The Morgan fingerprint density at radius 1 is 1.33 bits per heavy atom. The summed E-state index contributed by atoms with van der Waals surface area (Å²) in [6, 6.07) is 8.27. The van der Waals surface area contributed by atoms with E-state index in [0.29, 0.717) is 16.5 Å². The minimum atomic E-state index is -0.650. The van der Waals surface area contributed by atoms with Gasteiger partial charge in [0.15, 0.2) is 6.61 Å². The Bertz CT molecular complexity index is 654. The van der Waals surface area contributed by atoms with E-state index in [1.54, 1.807) is 24.3 Å². The quantitative estimate of drug-likeness (QED) is 0.832. The molecule has 1 aromatic carbocycles. The Morgan fingerprint density at radius 3 is 2.81 bits per heavy atom. The number of esters is 1. The Balaban J connectivity index is 1.85. The van der Waals surface area contributed by atoms with E-state index < -0.39 is 18.5 Å². The van der Waals surface area contributed by atoms with E-state index in [4.69, 9.17) is 21.1 Å². The number of ether oxygens (including phenoxy) is 2. The van der Waals surface area contributed by atoms with Gasteiger partial charge in [0.2, 0.25) is 0 Å². The molecule has 0 aliphatic carbocycles. The van der Waals surface area contributed by atoms with Gasteiger partial charge in [0.05, 0.1) is 12.1 Å². The van der Waals surface area contributed by atoms with Gasteiger partial charge in [-0.2, -0.15) is 0 Å². The minimum absolute atomic E-state index is 0.189. The molecule has 1 heterocycles. The van der Waals surface area contributed by atoms with E-state index >= 15 is 0 Å². The van der Waals surface area contributed by atoms with Gasteiger partial charge in [0, 0.05) is 18.0 Å². The molecule has 0 saturated heterocycles. The largest absolute Gasteiger partial charge is 0.497 e. The van der Waals surface area contributed by atoms with Crippen LogP contribution < -0.4 is 10.1 Å². The van der Waals surface area contributed by atoms with Crippen LogP contribution in [0.4, 0.5) is 5.69 Å². The van der Waals surface area contributed by atoms with Gasteiger partial charge >= 0.3 is 5.97 Å². The van der Waals surface area contributed by atoms with Crippen LogP contribution in [0.3, 0.4) is 0 Å². The molecule has 0 bridgehead atoms. The lowest BCUT2D eigenvalue weighted by Gasteiger charge is -2.07. The van der Waals surface area contributed by atoms with Crippen LogP contribution in [0.25, 0.3) is 0 Å². The topological polar surface area (TPSA) is 80.4 Å². The van der Waals surface area contributed by atoms with Crippen molar-refractivity contribution in [2.75, 3.05) is 19.0 Å². The van der Waals surface area contributed by atoms with Gasteiger partial charge in [-0.05, 0) is 18.2 Å². The first-order chi connectivity index (χ1) is 10.1. The number of carbonyl (C=O) groups is 2. The summed E-state index contributed by atoms with van der Waals surface area (Å²) in [5, 5.41) is 2.99. The molecule has 7 heteroatoms. The fraction of sp³-hybridized carbons (Fsp3) is 0.143. The maximum absolute atomic E-state index is 11.7. The van der Waals surface area contributed by atoms with Gasteiger partial charge in [0.25, 0.3) is 5.91 Å². The highest BCUT2D eigenvalue weighted by atomic mass is 35.5. The van der Waals surface area contributed by atoms with Crippen LogP contribution in [-0.2, 0) is 9.53 Å². The van der Waals surface area contributed by atoms with Crippen LogP contribution in [0.15, 0.2) is 36.5 Å². The monoisotopic (exact) mass is 308 g/mol. The summed E-state index contributed by atoms with van der Waals surface area (Å²) in [5.41, 5.74) is 0.743. The van der Waals surface area contributed by atoms with Gasteiger partial charge in [-0.1, -0.05) is 17.7 Å². The normalized spacial score (nSPS) is 10.0. The first-order valence-corrected chi connectivity index (χ1v) is 6.41. The first-order valence-electron chi connectivity index (χ1n) is 6.03. The maximum atomic E-state index is 11.7. The SMILES string of the molecule is COc1cccc(NC(=O)COC(=O)c2cc(Cl)c[nH]2)c1. The summed E-state index contributed by atoms with van der Waals surface area (Å²) in [6.07, 6.45) is 1.45. The van der Waals surface area contributed by atoms with Crippen LogP contribution >= 0.6 is 11.6 Å². The fourth-order valence-electron chi connectivity index (χ4n) is 1.59. The van der Waals surface area contributed by atoms with Gasteiger partial charge in [-0.3, -0.25) is 4.79 Å². The zero-order valence-corrected chi connectivity index (χ0v) is 11.9. The van der Waals surface area contributed by atoms with Crippen LogP contribution in [0.2, 0.25) is 5.02 Å². The molecular formula is C14H13ClN2O4. The molecular weight excluding hydrogens is 296 g/mol. The number of rotatable bonds is 5. The number of H-pyrrole nitrogens is 1. The van der Waals surface area contributed by atoms with Crippen LogP contribution in [0, 0.1) is 0 Å². The minimum Gasteiger partial charge on any atom is -0.497 e. The number of halogens is 1. The smallest absolute Gasteiger partial charge is 0.355 e. The number of methoxy groups -OCH3 is 1. The van der Waals surface area contributed by atoms with E-state index in [0.717, 1.165) is 0 Å². The molecule has 6 nitrogen and oxygen atoms in total. The third-order valence-electron chi connectivity index (χ3n) is 2.56. The number of carbonyl (C=O) groups excluding carboxylic acids is 2. The molecule has 0 aliphatic heterocycles. The van der Waals surface area contributed by atoms with Crippen molar-refractivity contribution in [3.63, 3.8) is 0 Å². The average Bonchev–Trinajstić information content (AvgIpc) is 2.91. The Morgan fingerprint density at radius 2 is 2.14 bits per heavy atom. The zero-order valence-electron chi connectivity index (χ0n) is 11.2. The summed E-state index contributed by atoms with van der Waals surface area (Å²) in [6.45, 7) is -0.396. The number of amides is 1. The van der Waals surface area contributed by atoms with Crippen molar-refractivity contribution in [3.05, 3.63) is 47.2 Å². The first kappa shape index (κ1) is 14.9. The number of aromatic amines is 1. The number of aromatic nitrogens is 1. The molecule has 1 aromatic heterocycles. The number of benzene rings is 1. The molecule has 2 rings (SSSR count). The molecule has 0 saturated carbocycles. The summed E-state index contributed by atoms with van der Waals surface area (Å²) in [5.74, 6) is -0.484. The molecule has 2 aromatic rings. The van der Waals surface area contributed by atoms with E-state index in [9.17, 15) is 9.59 Å². The summed E-state index contributed by atoms with van der Waals surface area (Å²) >= 11 is 5.67. The molecule has 0 spiro atoms. The number of hydrogen-bond acceptors (Lipinski definition) is 4. The van der Waals surface area contributed by atoms with Crippen LogP contribution in [0.1, 0.15) is 10.5 Å². The lowest BCUT2D eigenvalue weighted by atomic mass is 10.3. The van der Waals surface area contributed by atoms with Crippen LogP contribution in [-0.4, -0.2) is 30.6 Å². The standard InChI is InChI=1S/C14H13ClN2O4/c1-20-11-4-2-3-10(6-11)17-13(18)8-21-14(19)12-5-9(15)7-16-12/h2-7,16H,8H2,1H3,(H,17,18). The fourth-order valence-corrected chi connectivity index (χ4v) is 1.76. The third kappa shape index (κ3) is 4.25. The lowest BCUT2D eigenvalue weighted by molar-refractivity contribution is -0.119. The van der Waals surface area contributed by atoms with Crippen molar-refractivity contribution in [1.82, 2.24) is 4.98 Å². The molecule has 2 N–H and O–H groups in total. The molecule has 0 aliphatic rings. The predicted octanol–water partition coefficient (Wildman–Crippen LogP) is 2.47.